The van der Waals surface area contributed by atoms with E-state index in [1.807, 2.05) is 23.1 Å². The van der Waals surface area contributed by atoms with Crippen LogP contribution in [-0.2, 0) is 4.79 Å². The number of hydrogen-bond acceptors (Lipinski definition) is 3. The Bertz CT molecular complexity index is 557. The van der Waals surface area contributed by atoms with Crippen LogP contribution in [0.25, 0.3) is 0 Å². The van der Waals surface area contributed by atoms with Crippen molar-refractivity contribution in [3.8, 4) is 11.8 Å². The largest absolute Gasteiger partial charge is 0.493 e. The van der Waals surface area contributed by atoms with Crippen LogP contribution < -0.4 is 4.74 Å². The Labute approximate surface area is 139 Å². The summed E-state index contributed by atoms with van der Waals surface area (Å²) >= 11 is 0. The van der Waals surface area contributed by atoms with E-state index in [-0.39, 0.29) is 5.91 Å². The van der Waals surface area contributed by atoms with Crippen LogP contribution in [0.15, 0.2) is 24.3 Å². The van der Waals surface area contributed by atoms with Gasteiger partial charge in [-0.1, -0.05) is 32.0 Å². The number of ether oxygens (including phenoxy) is 1. The Balaban J connectivity index is 1.80. The molecule has 1 atom stereocenters. The maximum absolute atomic E-state index is 12.2. The van der Waals surface area contributed by atoms with Gasteiger partial charge >= 0.3 is 0 Å². The van der Waals surface area contributed by atoms with Crippen molar-refractivity contribution in [1.29, 1.82) is 5.26 Å². The predicted octanol–water partition coefficient (Wildman–Crippen LogP) is 3.73. The van der Waals surface area contributed by atoms with Crippen LogP contribution in [0, 0.1) is 17.2 Å². The zero-order valence-corrected chi connectivity index (χ0v) is 14.1. The average Bonchev–Trinajstić information content (AvgIpc) is 3.09. The first-order valence-electron chi connectivity index (χ1n) is 8.53. The fourth-order valence-corrected chi connectivity index (χ4v) is 2.96. The molecule has 0 aromatic heterocycles. The molecule has 0 spiro atoms. The molecular formula is C19H26N2O2. The third-order valence-electron chi connectivity index (χ3n) is 4.31. The summed E-state index contributed by atoms with van der Waals surface area (Å²) in [5.41, 5.74) is 1.19. The number of para-hydroxylation sites is 1. The van der Waals surface area contributed by atoms with Gasteiger partial charge in [0.05, 0.1) is 12.7 Å². The Morgan fingerprint density at radius 3 is 2.65 bits per heavy atom. The standard InChI is InChI=1S/C19H26N2O2/c1-15(2)17-9-3-4-10-18(17)23-13-7-8-16(14-20)19(22)21-11-5-6-12-21/h3-4,9-10,15-16H,5-8,11-13H2,1-2H3. The predicted molar refractivity (Wildman–Crippen MR) is 90.2 cm³/mol. The average molecular weight is 314 g/mol. The number of hydrogen-bond donors (Lipinski definition) is 0. The lowest BCUT2D eigenvalue weighted by molar-refractivity contribution is -0.132. The number of amides is 1. The molecule has 1 aliphatic heterocycles. The highest BCUT2D eigenvalue weighted by molar-refractivity contribution is 5.81. The highest BCUT2D eigenvalue weighted by Gasteiger charge is 2.25. The van der Waals surface area contributed by atoms with Gasteiger partial charge < -0.3 is 9.64 Å². The first-order valence-corrected chi connectivity index (χ1v) is 8.53. The third-order valence-corrected chi connectivity index (χ3v) is 4.31. The van der Waals surface area contributed by atoms with E-state index in [9.17, 15) is 10.1 Å². The van der Waals surface area contributed by atoms with Crippen LogP contribution in [0.3, 0.4) is 0 Å². The van der Waals surface area contributed by atoms with E-state index in [4.69, 9.17) is 4.74 Å². The molecule has 1 amide bonds. The van der Waals surface area contributed by atoms with Crippen LogP contribution in [0.2, 0.25) is 0 Å². The molecular weight excluding hydrogens is 288 g/mol. The minimum absolute atomic E-state index is 0.00687. The SMILES string of the molecule is CC(C)c1ccccc1OCCCC(C#N)C(=O)N1CCCC1. The van der Waals surface area contributed by atoms with Crippen LogP contribution >= 0.6 is 0 Å². The lowest BCUT2D eigenvalue weighted by Crippen LogP contribution is -2.33. The quantitative estimate of drug-likeness (QED) is 0.721. The van der Waals surface area contributed by atoms with Gasteiger partial charge in [0.25, 0.3) is 0 Å². The molecule has 0 N–H and O–H groups in total. The number of rotatable bonds is 7. The van der Waals surface area contributed by atoms with Gasteiger partial charge in [-0.25, -0.2) is 0 Å². The van der Waals surface area contributed by atoms with Gasteiger partial charge in [0.2, 0.25) is 5.91 Å². The highest BCUT2D eigenvalue weighted by Crippen LogP contribution is 2.26. The molecule has 1 aromatic rings. The third kappa shape index (κ3) is 4.72. The van der Waals surface area contributed by atoms with Gasteiger partial charge in [-0.3, -0.25) is 4.79 Å². The van der Waals surface area contributed by atoms with E-state index < -0.39 is 5.92 Å². The Hall–Kier alpha value is -2.02. The summed E-state index contributed by atoms with van der Waals surface area (Å²) in [6, 6.07) is 10.2. The van der Waals surface area contributed by atoms with Gasteiger partial charge in [0.15, 0.2) is 0 Å². The van der Waals surface area contributed by atoms with Crippen molar-refractivity contribution < 1.29 is 9.53 Å². The molecule has 4 heteroatoms. The van der Waals surface area contributed by atoms with Crippen molar-refractivity contribution in [2.75, 3.05) is 19.7 Å². The molecule has 1 aliphatic rings. The van der Waals surface area contributed by atoms with Crippen LogP contribution in [0.5, 0.6) is 5.75 Å². The van der Waals surface area contributed by atoms with E-state index >= 15 is 0 Å². The first-order chi connectivity index (χ1) is 11.1. The van der Waals surface area contributed by atoms with Gasteiger partial charge in [-0.2, -0.15) is 5.26 Å². The van der Waals surface area contributed by atoms with Crippen molar-refractivity contribution in [1.82, 2.24) is 4.90 Å². The summed E-state index contributed by atoms with van der Waals surface area (Å²) in [4.78, 5) is 14.1. The Morgan fingerprint density at radius 1 is 1.30 bits per heavy atom. The second kappa shape index (κ2) is 8.57. The van der Waals surface area contributed by atoms with Crippen molar-refractivity contribution in [3.05, 3.63) is 29.8 Å². The molecule has 23 heavy (non-hydrogen) atoms. The number of carbonyl (C=O) groups is 1. The van der Waals surface area contributed by atoms with Crippen molar-refractivity contribution in [3.63, 3.8) is 0 Å². The number of carbonyl (C=O) groups excluding carboxylic acids is 1. The lowest BCUT2D eigenvalue weighted by atomic mass is 10.0. The zero-order chi connectivity index (χ0) is 16.7. The summed E-state index contributed by atoms with van der Waals surface area (Å²) in [6.07, 6.45) is 3.39. The van der Waals surface area contributed by atoms with Crippen LogP contribution in [0.1, 0.15) is 51.0 Å². The number of nitrogens with zero attached hydrogens (tertiary/aromatic N) is 2. The van der Waals surface area contributed by atoms with Gasteiger partial charge in [-0.05, 0) is 43.2 Å². The van der Waals surface area contributed by atoms with E-state index in [0.717, 1.165) is 31.7 Å². The summed E-state index contributed by atoms with van der Waals surface area (Å²) in [7, 11) is 0. The first kappa shape index (κ1) is 17.3. The van der Waals surface area contributed by atoms with Crippen LogP contribution in [0.4, 0.5) is 0 Å². The minimum Gasteiger partial charge on any atom is -0.493 e. The van der Waals surface area contributed by atoms with E-state index in [1.54, 1.807) is 0 Å². The smallest absolute Gasteiger partial charge is 0.239 e. The molecule has 0 saturated carbocycles. The fraction of sp³-hybridized carbons (Fsp3) is 0.579. The molecule has 124 valence electrons. The maximum Gasteiger partial charge on any atom is 0.239 e. The molecule has 1 saturated heterocycles. The highest BCUT2D eigenvalue weighted by atomic mass is 16.5. The zero-order valence-electron chi connectivity index (χ0n) is 14.1. The monoisotopic (exact) mass is 314 g/mol. The molecule has 1 heterocycles. The lowest BCUT2D eigenvalue weighted by Gasteiger charge is -2.19. The molecule has 1 unspecified atom stereocenters. The summed E-state index contributed by atoms with van der Waals surface area (Å²) in [5, 5.41) is 9.25. The molecule has 0 radical (unpaired) electrons. The molecule has 1 fully saturated rings. The van der Waals surface area contributed by atoms with Gasteiger partial charge in [0, 0.05) is 13.1 Å². The molecule has 0 aliphatic carbocycles. The van der Waals surface area contributed by atoms with Crippen molar-refractivity contribution in [2.45, 2.75) is 45.4 Å². The van der Waals surface area contributed by atoms with Crippen molar-refractivity contribution in [2.24, 2.45) is 5.92 Å². The Morgan fingerprint density at radius 2 is 2.00 bits per heavy atom. The maximum atomic E-state index is 12.2. The fourth-order valence-electron chi connectivity index (χ4n) is 2.96. The number of nitriles is 1. The number of benzene rings is 1. The number of likely N-dealkylation sites (tertiary alicyclic amines) is 1. The van der Waals surface area contributed by atoms with E-state index in [1.165, 1.54) is 5.56 Å². The molecule has 2 rings (SSSR count). The molecule has 4 nitrogen and oxygen atoms in total. The molecule has 0 bridgehead atoms. The Kier molecular flexibility index (Phi) is 6.46. The second-order valence-electron chi connectivity index (χ2n) is 6.40. The van der Waals surface area contributed by atoms with E-state index in [0.29, 0.717) is 25.4 Å². The summed E-state index contributed by atoms with van der Waals surface area (Å²) in [5.74, 6) is 0.779. The normalized spacial score (nSPS) is 15.5. The second-order valence-corrected chi connectivity index (χ2v) is 6.40. The summed E-state index contributed by atoms with van der Waals surface area (Å²) < 4.78 is 5.86. The summed E-state index contributed by atoms with van der Waals surface area (Å²) in [6.45, 7) is 6.42. The van der Waals surface area contributed by atoms with Crippen LogP contribution in [-0.4, -0.2) is 30.5 Å². The van der Waals surface area contributed by atoms with Gasteiger partial charge in [-0.15, -0.1) is 0 Å². The topological polar surface area (TPSA) is 53.3 Å². The minimum atomic E-state index is -0.531. The van der Waals surface area contributed by atoms with Crippen molar-refractivity contribution >= 4 is 5.91 Å². The van der Waals surface area contributed by atoms with E-state index in [2.05, 4.69) is 26.0 Å². The van der Waals surface area contributed by atoms with Gasteiger partial charge in [0.1, 0.15) is 11.7 Å². The molecule has 1 aromatic carbocycles.